The number of carbonyl (C=O) groups is 1. The zero-order chi connectivity index (χ0) is 21.2. The lowest BCUT2D eigenvalue weighted by Crippen LogP contribution is -2.54. The first-order valence-corrected chi connectivity index (χ1v) is 11.4. The van der Waals surface area contributed by atoms with E-state index < -0.39 is 0 Å². The fraction of sp³-hybridized carbons (Fsp3) is 0.423. The largest absolute Gasteiger partial charge is 0.381 e. The first kappa shape index (κ1) is 20.3. The van der Waals surface area contributed by atoms with Crippen LogP contribution in [-0.2, 0) is 4.74 Å². The quantitative estimate of drug-likeness (QED) is 0.752. The summed E-state index contributed by atoms with van der Waals surface area (Å²) in [4.78, 5) is 20.0. The molecule has 2 fully saturated rings. The molecule has 2 aromatic carbocycles. The standard InChI is InChI=1S/C26H31N3O2/c1-20-17-27(18-21-12-16-31-19-21)14-15-28(20)26(30)23-8-10-24(11-9-23)29-13-4-6-22-5-2-3-7-25(22)29/h2-11,20-21H,12-19H2,1H3/t20-,21?/m1/s1. The Morgan fingerprint density at radius 1 is 1.10 bits per heavy atom. The maximum Gasteiger partial charge on any atom is 0.254 e. The second-order valence-electron chi connectivity index (χ2n) is 8.96. The predicted molar refractivity (Wildman–Crippen MR) is 125 cm³/mol. The molecule has 0 aliphatic carbocycles. The van der Waals surface area contributed by atoms with Gasteiger partial charge >= 0.3 is 0 Å². The van der Waals surface area contributed by atoms with Crippen LogP contribution >= 0.6 is 0 Å². The monoisotopic (exact) mass is 417 g/mol. The number of piperazine rings is 1. The molecule has 0 spiro atoms. The highest BCUT2D eigenvalue weighted by atomic mass is 16.5. The Morgan fingerprint density at radius 3 is 2.71 bits per heavy atom. The van der Waals surface area contributed by atoms with Crippen LogP contribution in [-0.4, -0.2) is 67.7 Å². The Labute approximate surface area is 184 Å². The van der Waals surface area contributed by atoms with Crippen LogP contribution in [0.1, 0.15) is 29.3 Å². The molecule has 0 saturated carbocycles. The van der Waals surface area contributed by atoms with E-state index in [9.17, 15) is 4.79 Å². The summed E-state index contributed by atoms with van der Waals surface area (Å²) >= 11 is 0. The van der Waals surface area contributed by atoms with Gasteiger partial charge in [0, 0.05) is 62.3 Å². The fourth-order valence-electron chi connectivity index (χ4n) is 5.05. The summed E-state index contributed by atoms with van der Waals surface area (Å²) in [6.45, 7) is 8.56. The van der Waals surface area contributed by atoms with Gasteiger partial charge in [-0.1, -0.05) is 30.4 Å². The van der Waals surface area contributed by atoms with Crippen molar-refractivity contribution in [2.75, 3.05) is 50.8 Å². The molecule has 2 atom stereocenters. The number of hydrogen-bond donors (Lipinski definition) is 0. The van der Waals surface area contributed by atoms with Gasteiger partial charge in [-0.05, 0) is 55.2 Å². The van der Waals surface area contributed by atoms with E-state index in [0.29, 0.717) is 5.92 Å². The summed E-state index contributed by atoms with van der Waals surface area (Å²) in [5, 5.41) is 0. The van der Waals surface area contributed by atoms with Gasteiger partial charge in [-0.3, -0.25) is 9.69 Å². The summed E-state index contributed by atoms with van der Waals surface area (Å²) in [6.07, 6.45) is 5.52. The highest BCUT2D eigenvalue weighted by Gasteiger charge is 2.30. The number of fused-ring (bicyclic) bond motifs is 1. The lowest BCUT2D eigenvalue weighted by molar-refractivity contribution is 0.0452. The number of amides is 1. The van der Waals surface area contributed by atoms with Gasteiger partial charge in [0.2, 0.25) is 0 Å². The average molecular weight is 418 g/mol. The number of rotatable bonds is 4. The van der Waals surface area contributed by atoms with Gasteiger partial charge in [-0.25, -0.2) is 0 Å². The molecule has 5 nitrogen and oxygen atoms in total. The third-order valence-electron chi connectivity index (χ3n) is 6.75. The van der Waals surface area contributed by atoms with Gasteiger partial charge in [0.05, 0.1) is 6.61 Å². The van der Waals surface area contributed by atoms with Crippen LogP contribution in [0.2, 0.25) is 0 Å². The smallest absolute Gasteiger partial charge is 0.254 e. The van der Waals surface area contributed by atoms with Gasteiger partial charge < -0.3 is 14.5 Å². The van der Waals surface area contributed by atoms with Gasteiger partial charge in [-0.15, -0.1) is 0 Å². The maximum atomic E-state index is 13.2. The average Bonchev–Trinajstić information content (AvgIpc) is 3.32. The van der Waals surface area contributed by atoms with Crippen LogP contribution in [0, 0.1) is 5.92 Å². The highest BCUT2D eigenvalue weighted by molar-refractivity contribution is 5.95. The number of carbonyl (C=O) groups excluding carboxylic acids is 1. The van der Waals surface area contributed by atoms with Crippen LogP contribution < -0.4 is 4.90 Å². The summed E-state index contributed by atoms with van der Waals surface area (Å²) < 4.78 is 5.52. The third-order valence-corrected chi connectivity index (χ3v) is 6.75. The lowest BCUT2D eigenvalue weighted by atomic mass is 10.0. The molecule has 0 N–H and O–H groups in total. The summed E-state index contributed by atoms with van der Waals surface area (Å²) in [5.41, 5.74) is 4.32. The van der Waals surface area contributed by atoms with Crippen molar-refractivity contribution in [2.24, 2.45) is 5.92 Å². The van der Waals surface area contributed by atoms with Crippen molar-refractivity contribution in [3.8, 4) is 0 Å². The van der Waals surface area contributed by atoms with Gasteiger partial charge in [0.1, 0.15) is 0 Å². The molecule has 162 valence electrons. The van der Waals surface area contributed by atoms with Crippen LogP contribution in [0.25, 0.3) is 6.08 Å². The van der Waals surface area contributed by atoms with E-state index in [1.807, 2.05) is 17.0 Å². The summed E-state index contributed by atoms with van der Waals surface area (Å²) in [5.74, 6) is 0.790. The molecule has 0 aromatic heterocycles. The zero-order valence-corrected chi connectivity index (χ0v) is 18.2. The molecule has 1 unspecified atom stereocenters. The number of nitrogens with zero attached hydrogens (tertiary/aromatic N) is 3. The van der Waals surface area contributed by atoms with E-state index in [4.69, 9.17) is 4.74 Å². The summed E-state index contributed by atoms with van der Waals surface area (Å²) in [6, 6.07) is 16.8. The molecule has 1 amide bonds. The minimum atomic E-state index is 0.141. The molecule has 5 heteroatoms. The normalized spacial score (nSPS) is 23.8. The van der Waals surface area contributed by atoms with E-state index in [1.165, 1.54) is 11.3 Å². The molecule has 31 heavy (non-hydrogen) atoms. The van der Waals surface area contributed by atoms with Crippen molar-refractivity contribution in [1.82, 2.24) is 9.80 Å². The number of para-hydroxylation sites is 1. The second kappa shape index (κ2) is 8.85. The van der Waals surface area contributed by atoms with Crippen LogP contribution in [0.15, 0.2) is 54.6 Å². The number of benzene rings is 2. The molecule has 0 bridgehead atoms. The zero-order valence-electron chi connectivity index (χ0n) is 18.2. The van der Waals surface area contributed by atoms with Crippen molar-refractivity contribution in [3.05, 3.63) is 65.7 Å². The minimum Gasteiger partial charge on any atom is -0.381 e. The molecule has 3 aliphatic rings. The number of hydrogen-bond acceptors (Lipinski definition) is 4. The van der Waals surface area contributed by atoms with Gasteiger partial charge in [0.15, 0.2) is 0 Å². The Hall–Kier alpha value is -2.63. The van der Waals surface area contributed by atoms with Crippen LogP contribution in [0.4, 0.5) is 11.4 Å². The Kier molecular flexibility index (Phi) is 5.79. The Bertz CT molecular complexity index is 949. The van der Waals surface area contributed by atoms with E-state index in [2.05, 4.69) is 65.3 Å². The van der Waals surface area contributed by atoms with E-state index >= 15 is 0 Å². The topological polar surface area (TPSA) is 36.0 Å². The molecular weight excluding hydrogens is 386 g/mol. The SMILES string of the molecule is C[C@@H]1CN(CC2CCOC2)CCN1C(=O)c1ccc(N2CC=Cc3ccccc32)cc1. The van der Waals surface area contributed by atoms with Crippen molar-refractivity contribution < 1.29 is 9.53 Å². The van der Waals surface area contributed by atoms with Gasteiger partial charge in [0.25, 0.3) is 5.91 Å². The van der Waals surface area contributed by atoms with Gasteiger partial charge in [-0.2, -0.15) is 0 Å². The van der Waals surface area contributed by atoms with Crippen molar-refractivity contribution in [2.45, 2.75) is 19.4 Å². The second-order valence-corrected chi connectivity index (χ2v) is 8.96. The highest BCUT2D eigenvalue weighted by Crippen LogP contribution is 2.32. The number of ether oxygens (including phenoxy) is 1. The first-order valence-electron chi connectivity index (χ1n) is 11.4. The Morgan fingerprint density at radius 2 is 1.94 bits per heavy atom. The first-order chi connectivity index (χ1) is 15.2. The molecule has 2 aromatic rings. The summed E-state index contributed by atoms with van der Waals surface area (Å²) in [7, 11) is 0. The van der Waals surface area contributed by atoms with Crippen molar-refractivity contribution >= 4 is 23.4 Å². The van der Waals surface area contributed by atoms with E-state index in [0.717, 1.165) is 63.6 Å². The maximum absolute atomic E-state index is 13.2. The van der Waals surface area contributed by atoms with Crippen LogP contribution in [0.3, 0.4) is 0 Å². The molecule has 0 radical (unpaired) electrons. The van der Waals surface area contributed by atoms with E-state index in [-0.39, 0.29) is 11.9 Å². The predicted octanol–water partition coefficient (Wildman–Crippen LogP) is 4.03. The minimum absolute atomic E-state index is 0.141. The van der Waals surface area contributed by atoms with Crippen molar-refractivity contribution in [3.63, 3.8) is 0 Å². The Balaban J connectivity index is 1.24. The fourth-order valence-corrected chi connectivity index (χ4v) is 5.05. The molecular formula is C26H31N3O2. The van der Waals surface area contributed by atoms with Crippen molar-refractivity contribution in [1.29, 1.82) is 0 Å². The van der Waals surface area contributed by atoms with E-state index in [1.54, 1.807) is 0 Å². The molecule has 5 rings (SSSR count). The lowest BCUT2D eigenvalue weighted by Gasteiger charge is -2.40. The molecule has 3 heterocycles. The van der Waals surface area contributed by atoms with Crippen LogP contribution in [0.5, 0.6) is 0 Å². The molecule has 3 aliphatic heterocycles. The third kappa shape index (κ3) is 4.25. The molecule has 2 saturated heterocycles. The number of anilines is 2.